The zero-order chi connectivity index (χ0) is 15.8. The monoisotopic (exact) mass is 304 g/mol. The van der Waals surface area contributed by atoms with E-state index in [9.17, 15) is 36.2 Å². The Labute approximate surface area is 111 Å². The Hall–Kier alpha value is -1.05. The van der Waals surface area contributed by atoms with Gasteiger partial charge in [-0.3, -0.25) is 4.79 Å². The zero-order valence-electron chi connectivity index (χ0n) is 10.6. The summed E-state index contributed by atoms with van der Waals surface area (Å²) < 4.78 is 74.6. The maximum absolute atomic E-state index is 12.4. The molecule has 2 atom stereocenters. The quantitative estimate of drug-likeness (QED) is 0.626. The van der Waals surface area contributed by atoms with E-state index in [0.29, 0.717) is 12.8 Å². The van der Waals surface area contributed by atoms with Crippen LogP contribution < -0.4 is 0 Å². The van der Waals surface area contributed by atoms with Crippen LogP contribution in [0.1, 0.15) is 32.6 Å². The molecule has 20 heavy (non-hydrogen) atoms. The van der Waals surface area contributed by atoms with E-state index in [-0.39, 0.29) is 18.9 Å². The van der Waals surface area contributed by atoms with Crippen molar-refractivity contribution < 1.29 is 36.2 Å². The summed E-state index contributed by atoms with van der Waals surface area (Å²) in [5.41, 5.74) is -5.26. The van der Waals surface area contributed by atoms with Gasteiger partial charge in [0.25, 0.3) is 0 Å². The standard InChI is InChI=1S/C12H14F6O2/c1-10(20,7-4-2-3-5-8(7)19)6-9(11(13,14)15)12(16,17)18/h6-7,20H,2-5H2,1H3. The lowest BCUT2D eigenvalue weighted by Crippen LogP contribution is -2.42. The molecule has 0 spiro atoms. The van der Waals surface area contributed by atoms with Gasteiger partial charge in [-0.05, 0) is 25.8 Å². The predicted octanol–water partition coefficient (Wildman–Crippen LogP) is 3.55. The largest absolute Gasteiger partial charge is 0.421 e. The van der Waals surface area contributed by atoms with Crippen molar-refractivity contribution >= 4 is 5.78 Å². The highest BCUT2D eigenvalue weighted by Crippen LogP contribution is 2.42. The zero-order valence-corrected chi connectivity index (χ0v) is 10.6. The number of carbonyl (C=O) groups excluding carboxylic acids is 1. The number of alkyl halides is 6. The predicted molar refractivity (Wildman–Crippen MR) is 57.8 cm³/mol. The Morgan fingerprint density at radius 2 is 1.65 bits per heavy atom. The summed E-state index contributed by atoms with van der Waals surface area (Å²) in [5.74, 6) is -1.75. The van der Waals surface area contributed by atoms with Crippen LogP contribution in [0.3, 0.4) is 0 Å². The van der Waals surface area contributed by atoms with Crippen molar-refractivity contribution in [1.29, 1.82) is 0 Å². The maximum atomic E-state index is 12.4. The molecule has 116 valence electrons. The lowest BCUT2D eigenvalue weighted by Gasteiger charge is -2.33. The molecule has 1 rings (SSSR count). The number of hydrogen-bond acceptors (Lipinski definition) is 2. The van der Waals surface area contributed by atoms with Gasteiger partial charge in [0.05, 0.1) is 5.60 Å². The number of hydrogen-bond donors (Lipinski definition) is 1. The van der Waals surface area contributed by atoms with E-state index in [1.165, 1.54) is 0 Å². The molecule has 2 nitrogen and oxygen atoms in total. The van der Waals surface area contributed by atoms with Crippen molar-refractivity contribution in [2.75, 3.05) is 0 Å². The van der Waals surface area contributed by atoms with Gasteiger partial charge in [-0.25, -0.2) is 0 Å². The van der Waals surface area contributed by atoms with Crippen molar-refractivity contribution in [2.45, 2.75) is 50.6 Å². The molecule has 0 aromatic rings. The topological polar surface area (TPSA) is 37.3 Å². The van der Waals surface area contributed by atoms with Crippen LogP contribution >= 0.6 is 0 Å². The Morgan fingerprint density at radius 3 is 2.05 bits per heavy atom. The normalized spacial score (nSPS) is 24.2. The van der Waals surface area contributed by atoms with Gasteiger partial charge in [0.2, 0.25) is 0 Å². The van der Waals surface area contributed by atoms with Crippen LogP contribution in [-0.4, -0.2) is 28.8 Å². The minimum atomic E-state index is -5.64. The third-order valence-electron chi connectivity index (χ3n) is 3.31. The smallest absolute Gasteiger partial charge is 0.385 e. The van der Waals surface area contributed by atoms with E-state index in [0.717, 1.165) is 6.92 Å². The van der Waals surface area contributed by atoms with Gasteiger partial charge >= 0.3 is 12.4 Å². The molecular weight excluding hydrogens is 290 g/mol. The lowest BCUT2D eigenvalue weighted by atomic mass is 9.76. The average molecular weight is 304 g/mol. The van der Waals surface area contributed by atoms with Gasteiger partial charge in [-0.15, -0.1) is 0 Å². The van der Waals surface area contributed by atoms with E-state index in [2.05, 4.69) is 0 Å². The van der Waals surface area contributed by atoms with E-state index in [4.69, 9.17) is 0 Å². The van der Waals surface area contributed by atoms with Crippen LogP contribution in [0.2, 0.25) is 0 Å². The summed E-state index contributed by atoms with van der Waals surface area (Å²) in [6, 6.07) is 0. The van der Waals surface area contributed by atoms with Crippen LogP contribution in [0.4, 0.5) is 26.3 Å². The SMILES string of the molecule is CC(O)(C=C(C(F)(F)F)C(F)(F)F)C1CCCCC1=O. The van der Waals surface area contributed by atoms with E-state index in [1.807, 2.05) is 0 Å². The average Bonchev–Trinajstić information content (AvgIpc) is 2.23. The van der Waals surface area contributed by atoms with Crippen molar-refractivity contribution in [3.8, 4) is 0 Å². The summed E-state index contributed by atoms with van der Waals surface area (Å²) in [6.45, 7) is 0.804. The van der Waals surface area contributed by atoms with Crippen LogP contribution in [0.25, 0.3) is 0 Å². The van der Waals surface area contributed by atoms with E-state index in [1.54, 1.807) is 0 Å². The lowest BCUT2D eigenvalue weighted by molar-refractivity contribution is -0.174. The first kappa shape index (κ1) is 17.0. The van der Waals surface area contributed by atoms with Gasteiger partial charge in [0.15, 0.2) is 0 Å². The molecule has 0 aliphatic heterocycles. The molecular formula is C12H14F6O2. The highest BCUT2D eigenvalue weighted by Gasteiger charge is 2.53. The minimum Gasteiger partial charge on any atom is -0.385 e. The molecule has 1 N–H and O–H groups in total. The number of rotatable bonds is 2. The van der Waals surface area contributed by atoms with Gasteiger partial charge in [-0.1, -0.05) is 6.42 Å². The third kappa shape index (κ3) is 3.97. The number of aliphatic hydroxyl groups is 1. The van der Waals surface area contributed by atoms with Crippen LogP contribution in [0, 0.1) is 5.92 Å². The summed E-state index contributed by atoms with van der Waals surface area (Å²) in [5, 5.41) is 9.91. The first-order valence-electron chi connectivity index (χ1n) is 5.98. The minimum absolute atomic E-state index is 0.0576. The number of allylic oxidation sites excluding steroid dienone is 1. The molecule has 1 saturated carbocycles. The van der Waals surface area contributed by atoms with Crippen LogP contribution in [-0.2, 0) is 4.79 Å². The fourth-order valence-electron chi connectivity index (χ4n) is 2.32. The maximum Gasteiger partial charge on any atom is 0.421 e. The molecule has 0 aromatic heterocycles. The molecule has 2 unspecified atom stereocenters. The van der Waals surface area contributed by atoms with E-state index >= 15 is 0 Å². The van der Waals surface area contributed by atoms with Gasteiger partial charge in [0.1, 0.15) is 11.4 Å². The Kier molecular flexibility index (Phi) is 4.58. The first-order valence-corrected chi connectivity index (χ1v) is 5.98. The molecule has 0 saturated heterocycles. The van der Waals surface area contributed by atoms with Crippen molar-refractivity contribution in [1.82, 2.24) is 0 Å². The number of halogens is 6. The Balaban J connectivity index is 3.17. The summed E-state index contributed by atoms with van der Waals surface area (Å²) >= 11 is 0. The second-order valence-electron chi connectivity index (χ2n) is 5.04. The molecule has 0 aromatic carbocycles. The molecule has 1 fully saturated rings. The summed E-state index contributed by atoms with van der Waals surface area (Å²) in [4.78, 5) is 11.6. The molecule has 1 aliphatic rings. The Morgan fingerprint density at radius 1 is 1.15 bits per heavy atom. The second kappa shape index (κ2) is 5.38. The molecule has 0 amide bonds. The summed E-state index contributed by atoms with van der Waals surface area (Å²) in [6.07, 6.45) is -10.4. The summed E-state index contributed by atoms with van der Waals surface area (Å²) in [7, 11) is 0. The number of carbonyl (C=O) groups is 1. The fourth-order valence-corrected chi connectivity index (χ4v) is 2.32. The van der Waals surface area contributed by atoms with Gasteiger partial charge in [0, 0.05) is 12.3 Å². The van der Waals surface area contributed by atoms with Crippen molar-refractivity contribution in [3.63, 3.8) is 0 Å². The van der Waals surface area contributed by atoms with Crippen LogP contribution in [0.15, 0.2) is 11.6 Å². The number of ketones is 1. The molecule has 8 heteroatoms. The number of Topliss-reactive ketones (excluding diaryl/α,β-unsaturated/α-hetero) is 1. The third-order valence-corrected chi connectivity index (χ3v) is 3.31. The highest BCUT2D eigenvalue weighted by atomic mass is 19.4. The highest BCUT2D eigenvalue weighted by molar-refractivity contribution is 5.83. The van der Waals surface area contributed by atoms with Crippen molar-refractivity contribution in [3.05, 3.63) is 11.6 Å². The first-order chi connectivity index (χ1) is 8.86. The molecule has 1 aliphatic carbocycles. The Bertz CT molecular complexity index is 389. The molecule has 0 heterocycles. The molecule has 0 bridgehead atoms. The van der Waals surface area contributed by atoms with Crippen molar-refractivity contribution in [2.24, 2.45) is 5.92 Å². The van der Waals surface area contributed by atoms with Gasteiger partial charge < -0.3 is 5.11 Å². The fraction of sp³-hybridized carbons (Fsp3) is 0.750. The second-order valence-corrected chi connectivity index (χ2v) is 5.04. The van der Waals surface area contributed by atoms with Crippen LogP contribution in [0.5, 0.6) is 0 Å². The molecule has 0 radical (unpaired) electrons. The van der Waals surface area contributed by atoms with Gasteiger partial charge in [-0.2, -0.15) is 26.3 Å². The van der Waals surface area contributed by atoms with E-state index < -0.39 is 35.2 Å².